The molecule has 0 aliphatic carbocycles. The summed E-state index contributed by atoms with van der Waals surface area (Å²) >= 11 is 1.68. The number of oxazole rings is 1. The predicted molar refractivity (Wildman–Crippen MR) is 91.2 cm³/mol. The largest absolute Gasteiger partial charge is 0.443 e. The highest BCUT2D eigenvalue weighted by atomic mass is 32.1. The molecule has 5 nitrogen and oxygen atoms in total. The van der Waals surface area contributed by atoms with Gasteiger partial charge >= 0.3 is 0 Å². The van der Waals surface area contributed by atoms with Gasteiger partial charge in [-0.1, -0.05) is 20.8 Å². The minimum atomic E-state index is -0.0250. The Morgan fingerprint density at radius 2 is 2.18 bits per heavy atom. The molecule has 2 heterocycles. The maximum atomic E-state index is 5.77. The van der Waals surface area contributed by atoms with E-state index in [4.69, 9.17) is 4.42 Å². The second-order valence-electron chi connectivity index (χ2n) is 6.05. The molecule has 2 aromatic heterocycles. The SMILES string of the molecule is CCNC(=NCc1ccsc1)NCc1ncc(C(C)(C)C)o1. The first-order valence-corrected chi connectivity index (χ1v) is 8.41. The maximum absolute atomic E-state index is 5.77. The van der Waals surface area contributed by atoms with Gasteiger partial charge in [-0.15, -0.1) is 0 Å². The lowest BCUT2D eigenvalue weighted by atomic mass is 9.94. The van der Waals surface area contributed by atoms with Crippen molar-refractivity contribution in [2.75, 3.05) is 6.54 Å². The van der Waals surface area contributed by atoms with E-state index >= 15 is 0 Å². The number of aliphatic imine (C=N–C) groups is 1. The van der Waals surface area contributed by atoms with Gasteiger partial charge in [-0.05, 0) is 29.3 Å². The molecule has 0 aliphatic heterocycles. The summed E-state index contributed by atoms with van der Waals surface area (Å²) < 4.78 is 5.77. The molecule has 0 fully saturated rings. The number of hydrogen-bond acceptors (Lipinski definition) is 4. The first-order valence-electron chi connectivity index (χ1n) is 7.47. The van der Waals surface area contributed by atoms with Crippen molar-refractivity contribution < 1.29 is 4.42 Å². The Labute approximate surface area is 135 Å². The predicted octanol–water partition coefficient (Wildman–Crippen LogP) is 3.29. The number of aromatic nitrogens is 1. The number of nitrogens with zero attached hydrogens (tertiary/aromatic N) is 2. The van der Waals surface area contributed by atoms with Gasteiger partial charge in [0.2, 0.25) is 5.89 Å². The standard InChI is InChI=1S/C16H24N4OS/c1-5-17-15(19-8-12-6-7-22-11-12)20-10-14-18-9-13(21-14)16(2,3)4/h6-7,9,11H,5,8,10H2,1-4H3,(H2,17,19,20). The van der Waals surface area contributed by atoms with E-state index in [2.05, 4.69) is 58.2 Å². The van der Waals surface area contributed by atoms with Crippen LogP contribution in [-0.2, 0) is 18.5 Å². The molecule has 0 aliphatic rings. The Balaban J connectivity index is 1.93. The average molecular weight is 320 g/mol. The van der Waals surface area contributed by atoms with Gasteiger partial charge in [0.25, 0.3) is 0 Å². The highest BCUT2D eigenvalue weighted by Gasteiger charge is 2.19. The van der Waals surface area contributed by atoms with Gasteiger partial charge in [0.05, 0.1) is 19.3 Å². The summed E-state index contributed by atoms with van der Waals surface area (Å²) in [4.78, 5) is 8.87. The van der Waals surface area contributed by atoms with Crippen molar-refractivity contribution in [1.29, 1.82) is 0 Å². The van der Waals surface area contributed by atoms with Crippen LogP contribution in [0.25, 0.3) is 0 Å². The van der Waals surface area contributed by atoms with Crippen LogP contribution < -0.4 is 10.6 Å². The molecule has 6 heteroatoms. The zero-order chi connectivity index (χ0) is 16.0. The van der Waals surface area contributed by atoms with Gasteiger partial charge in [0.1, 0.15) is 5.76 Å². The van der Waals surface area contributed by atoms with Crippen molar-refractivity contribution in [3.8, 4) is 0 Å². The van der Waals surface area contributed by atoms with Crippen molar-refractivity contribution in [3.05, 3.63) is 40.2 Å². The van der Waals surface area contributed by atoms with Crippen LogP contribution in [0.15, 0.2) is 32.4 Å². The van der Waals surface area contributed by atoms with E-state index in [1.807, 2.05) is 6.92 Å². The quantitative estimate of drug-likeness (QED) is 0.655. The van der Waals surface area contributed by atoms with Crippen molar-refractivity contribution in [1.82, 2.24) is 15.6 Å². The third-order valence-electron chi connectivity index (χ3n) is 3.04. The monoisotopic (exact) mass is 320 g/mol. The van der Waals surface area contributed by atoms with E-state index in [0.29, 0.717) is 19.0 Å². The molecule has 2 rings (SSSR count). The van der Waals surface area contributed by atoms with Crippen molar-refractivity contribution in [3.63, 3.8) is 0 Å². The van der Waals surface area contributed by atoms with Crippen LogP contribution in [0, 0.1) is 0 Å². The average Bonchev–Trinajstić information content (AvgIpc) is 3.12. The number of hydrogen-bond donors (Lipinski definition) is 2. The van der Waals surface area contributed by atoms with Crippen LogP contribution in [-0.4, -0.2) is 17.5 Å². The van der Waals surface area contributed by atoms with Crippen molar-refractivity contribution >= 4 is 17.3 Å². The molecule has 22 heavy (non-hydrogen) atoms. The summed E-state index contributed by atoms with van der Waals surface area (Å²) in [6.07, 6.45) is 1.80. The summed E-state index contributed by atoms with van der Waals surface area (Å²) in [6, 6.07) is 2.08. The van der Waals surface area contributed by atoms with E-state index in [9.17, 15) is 0 Å². The third-order valence-corrected chi connectivity index (χ3v) is 3.78. The van der Waals surface area contributed by atoms with E-state index in [1.54, 1.807) is 17.5 Å². The second-order valence-corrected chi connectivity index (χ2v) is 6.83. The first kappa shape index (κ1) is 16.5. The van der Waals surface area contributed by atoms with E-state index in [-0.39, 0.29) is 5.41 Å². The number of rotatable bonds is 5. The fourth-order valence-electron chi connectivity index (χ4n) is 1.79. The zero-order valence-electron chi connectivity index (χ0n) is 13.6. The molecule has 2 N–H and O–H groups in total. The summed E-state index contributed by atoms with van der Waals surface area (Å²) in [6.45, 7) is 10.4. The van der Waals surface area contributed by atoms with Crippen LogP contribution in [0.2, 0.25) is 0 Å². The Morgan fingerprint density at radius 1 is 1.36 bits per heavy atom. The number of guanidine groups is 1. The van der Waals surface area contributed by atoms with E-state index < -0.39 is 0 Å². The highest BCUT2D eigenvalue weighted by molar-refractivity contribution is 7.07. The summed E-state index contributed by atoms with van der Waals surface area (Å²) in [5, 5.41) is 10.6. The van der Waals surface area contributed by atoms with Crippen LogP contribution in [0.3, 0.4) is 0 Å². The fourth-order valence-corrected chi connectivity index (χ4v) is 2.45. The van der Waals surface area contributed by atoms with Crippen LogP contribution >= 0.6 is 11.3 Å². The lowest BCUT2D eigenvalue weighted by molar-refractivity contribution is 0.379. The first-order chi connectivity index (χ1) is 10.5. The van der Waals surface area contributed by atoms with Gasteiger partial charge in [0.15, 0.2) is 5.96 Å². The molecule has 0 atom stereocenters. The van der Waals surface area contributed by atoms with E-state index in [0.717, 1.165) is 18.3 Å². The van der Waals surface area contributed by atoms with Gasteiger partial charge in [-0.3, -0.25) is 0 Å². The maximum Gasteiger partial charge on any atom is 0.213 e. The van der Waals surface area contributed by atoms with Crippen molar-refractivity contribution in [2.45, 2.75) is 46.2 Å². The normalized spacial score (nSPS) is 12.5. The fraction of sp³-hybridized carbons (Fsp3) is 0.500. The number of thiophene rings is 1. The molecule has 0 saturated carbocycles. The third kappa shape index (κ3) is 4.87. The Bertz CT molecular complexity index is 596. The Hall–Kier alpha value is -1.82. The van der Waals surface area contributed by atoms with E-state index in [1.165, 1.54) is 5.56 Å². The molecular formula is C16H24N4OS. The minimum Gasteiger partial charge on any atom is -0.443 e. The lowest BCUT2D eigenvalue weighted by Crippen LogP contribution is -2.36. The molecule has 0 amide bonds. The van der Waals surface area contributed by atoms with Gasteiger partial charge in [-0.25, -0.2) is 9.98 Å². The summed E-state index contributed by atoms with van der Waals surface area (Å²) in [5.74, 6) is 2.33. The molecule has 120 valence electrons. The molecule has 0 saturated heterocycles. The van der Waals surface area contributed by atoms with Crippen LogP contribution in [0.5, 0.6) is 0 Å². The number of nitrogens with one attached hydrogen (secondary N) is 2. The molecule has 0 radical (unpaired) electrons. The Kier molecular flexibility index (Phi) is 5.60. The molecule has 0 spiro atoms. The highest BCUT2D eigenvalue weighted by Crippen LogP contribution is 2.22. The smallest absolute Gasteiger partial charge is 0.213 e. The van der Waals surface area contributed by atoms with Gasteiger partial charge in [-0.2, -0.15) is 11.3 Å². The van der Waals surface area contributed by atoms with Gasteiger partial charge < -0.3 is 15.1 Å². The van der Waals surface area contributed by atoms with Crippen molar-refractivity contribution in [2.24, 2.45) is 4.99 Å². The molecular weight excluding hydrogens is 296 g/mol. The second kappa shape index (κ2) is 7.45. The summed E-state index contributed by atoms with van der Waals surface area (Å²) in [5.41, 5.74) is 1.19. The topological polar surface area (TPSA) is 62.5 Å². The van der Waals surface area contributed by atoms with Gasteiger partial charge in [0, 0.05) is 12.0 Å². The van der Waals surface area contributed by atoms with Crippen LogP contribution in [0.4, 0.5) is 0 Å². The molecule has 0 bridgehead atoms. The Morgan fingerprint density at radius 3 is 2.77 bits per heavy atom. The lowest BCUT2D eigenvalue weighted by Gasteiger charge is -2.13. The van der Waals surface area contributed by atoms with Crippen LogP contribution in [0.1, 0.15) is 44.9 Å². The molecule has 2 aromatic rings. The zero-order valence-corrected chi connectivity index (χ0v) is 14.5. The summed E-state index contributed by atoms with van der Waals surface area (Å²) in [7, 11) is 0. The molecule has 0 unspecified atom stereocenters. The minimum absolute atomic E-state index is 0.0250. The molecule has 0 aromatic carbocycles.